The van der Waals surface area contributed by atoms with E-state index in [1.54, 1.807) is 30.0 Å². The summed E-state index contributed by atoms with van der Waals surface area (Å²) in [6, 6.07) is 33.9. The molecule has 5 aromatic rings. The zero-order valence-electron chi connectivity index (χ0n) is 40.6. The molecule has 0 aliphatic rings. The minimum atomic E-state index is -1.25. The molecule has 346 valence electrons. The lowest BCUT2D eigenvalue weighted by molar-refractivity contribution is -0.384. The van der Waals surface area contributed by atoms with Gasteiger partial charge in [0.1, 0.15) is 10.8 Å². The first-order valence-electron chi connectivity index (χ1n) is 21.9. The number of halogens is 4. The predicted molar refractivity (Wildman–Crippen MR) is 275 cm³/mol. The zero-order chi connectivity index (χ0) is 48.2. The molecule has 1 atom stereocenters. The number of benzene rings is 5. The van der Waals surface area contributed by atoms with Gasteiger partial charge in [-0.25, -0.2) is 4.39 Å². The van der Waals surface area contributed by atoms with Crippen LogP contribution < -0.4 is 4.74 Å². The van der Waals surface area contributed by atoms with E-state index in [1.807, 2.05) is 57.4 Å². The Hall–Kier alpha value is -3.55. The van der Waals surface area contributed by atoms with Crippen molar-refractivity contribution in [2.45, 2.75) is 157 Å². The number of alkyl halides is 1. The first-order valence-corrected chi connectivity index (χ1v) is 24.2. The van der Waals surface area contributed by atoms with E-state index in [2.05, 4.69) is 125 Å². The van der Waals surface area contributed by atoms with Gasteiger partial charge in [0.05, 0.1) is 9.95 Å². The third-order valence-corrected chi connectivity index (χ3v) is 12.6. The number of rotatable bonds is 11. The number of ether oxygens (including phenoxy) is 1. The Morgan fingerprint density at radius 1 is 0.619 bits per heavy atom. The minimum absolute atomic E-state index is 0.0205. The third kappa shape index (κ3) is 20.9. The molecule has 9 heteroatoms. The van der Waals surface area contributed by atoms with Crippen LogP contribution in [-0.4, -0.2) is 17.5 Å². The normalized spacial score (nSPS) is 11.4. The Labute approximate surface area is 399 Å². The van der Waals surface area contributed by atoms with Gasteiger partial charge in [0.2, 0.25) is 6.36 Å². The standard InChI is InChI=1S/C14H22.C11H15FO.C10H13ClS.C10H13Cl.C9H10ClNO2/c1-6-14(4,5)13-9-7-12(8-10-13)11(2)3;1-8(2)10-5-4-6-11(7-10)13-9(3)12;1-7(2)8-4-5-9(11)10(6-8)12-3;1-7(2)9-4-5-10(11)8(3)6-9;1-6(2)7-3-4-8(10)9(5-7)11(12)13/h7-11H,6H2,1-5H3;4-9H,1-3H3;4-7H,1-3H3;4-7H,1-3H3;3-6H,1-2H3. The monoisotopic (exact) mass is 939 g/mol. The lowest BCUT2D eigenvalue weighted by atomic mass is 9.81. The van der Waals surface area contributed by atoms with E-state index < -0.39 is 11.3 Å². The van der Waals surface area contributed by atoms with E-state index in [4.69, 9.17) is 39.5 Å². The van der Waals surface area contributed by atoms with Crippen LogP contribution in [0.2, 0.25) is 15.1 Å². The highest BCUT2D eigenvalue weighted by molar-refractivity contribution is 7.98. The maximum Gasteiger partial charge on any atom is 0.288 e. The summed E-state index contributed by atoms with van der Waals surface area (Å²) in [5.41, 5.74) is 9.14. The lowest BCUT2D eigenvalue weighted by Crippen LogP contribution is -2.15. The number of nitro benzene ring substituents is 1. The molecule has 0 bridgehead atoms. The molecule has 5 rings (SSSR count). The van der Waals surface area contributed by atoms with Crippen LogP contribution in [0, 0.1) is 17.0 Å². The summed E-state index contributed by atoms with van der Waals surface area (Å²) in [5.74, 6) is 3.11. The van der Waals surface area contributed by atoms with Crippen LogP contribution in [0.25, 0.3) is 0 Å². The second kappa shape index (κ2) is 28.4. The van der Waals surface area contributed by atoms with Gasteiger partial charge in [-0.05, 0) is 130 Å². The van der Waals surface area contributed by atoms with Gasteiger partial charge in [-0.3, -0.25) is 10.1 Å². The Kier molecular flexibility index (Phi) is 25.9. The molecule has 0 saturated heterocycles. The summed E-state index contributed by atoms with van der Waals surface area (Å²) in [5, 5.41) is 12.4. The molecule has 0 aliphatic carbocycles. The number of aryl methyl sites for hydroxylation is 1. The number of hydrogen-bond acceptors (Lipinski definition) is 4. The van der Waals surface area contributed by atoms with E-state index in [0.717, 1.165) is 26.7 Å². The molecule has 0 aromatic heterocycles. The molecule has 0 heterocycles. The van der Waals surface area contributed by atoms with Crippen LogP contribution >= 0.6 is 46.6 Å². The molecule has 1 unspecified atom stereocenters. The largest absolute Gasteiger partial charge is 0.461 e. The number of hydrogen-bond donors (Lipinski definition) is 0. The van der Waals surface area contributed by atoms with Crippen molar-refractivity contribution in [3.63, 3.8) is 0 Å². The minimum Gasteiger partial charge on any atom is -0.461 e. The van der Waals surface area contributed by atoms with Gasteiger partial charge >= 0.3 is 0 Å². The van der Waals surface area contributed by atoms with E-state index in [0.29, 0.717) is 34.8 Å². The highest BCUT2D eigenvalue weighted by Crippen LogP contribution is 2.31. The van der Waals surface area contributed by atoms with Crippen molar-refractivity contribution >= 4 is 52.3 Å². The van der Waals surface area contributed by atoms with E-state index >= 15 is 0 Å². The molecule has 4 nitrogen and oxygen atoms in total. The third-order valence-electron chi connectivity index (χ3n) is 10.6. The molecule has 0 aliphatic heterocycles. The summed E-state index contributed by atoms with van der Waals surface area (Å²) in [4.78, 5) is 11.2. The van der Waals surface area contributed by atoms with Crippen molar-refractivity contribution in [2.75, 3.05) is 6.26 Å². The second-order valence-corrected chi connectivity index (χ2v) is 19.8. The maximum absolute atomic E-state index is 12.5. The molecule has 0 fully saturated rings. The smallest absolute Gasteiger partial charge is 0.288 e. The lowest BCUT2D eigenvalue weighted by Gasteiger charge is -2.23. The van der Waals surface area contributed by atoms with Crippen molar-refractivity contribution in [3.8, 4) is 5.75 Å². The zero-order valence-corrected chi connectivity index (χ0v) is 43.7. The Balaban J connectivity index is 0.000000395. The van der Waals surface area contributed by atoms with Gasteiger partial charge in [-0.15, -0.1) is 11.8 Å². The van der Waals surface area contributed by atoms with Gasteiger partial charge in [0, 0.05) is 22.9 Å². The fourth-order valence-corrected chi connectivity index (χ4v) is 6.92. The Morgan fingerprint density at radius 3 is 1.48 bits per heavy atom. The summed E-state index contributed by atoms with van der Waals surface area (Å²) in [6.45, 7) is 31.6. The van der Waals surface area contributed by atoms with Crippen LogP contribution in [-0.2, 0) is 5.41 Å². The van der Waals surface area contributed by atoms with Crippen LogP contribution in [0.4, 0.5) is 10.1 Å². The molecule has 0 saturated carbocycles. The van der Waals surface area contributed by atoms with Crippen LogP contribution in [0.5, 0.6) is 5.75 Å². The highest BCUT2D eigenvalue weighted by Gasteiger charge is 2.18. The number of thioether (sulfide) groups is 1. The molecule has 0 N–H and O–H groups in total. The van der Waals surface area contributed by atoms with Gasteiger partial charge in [0.15, 0.2) is 0 Å². The summed E-state index contributed by atoms with van der Waals surface area (Å²) in [7, 11) is 0. The van der Waals surface area contributed by atoms with Gasteiger partial charge in [0.25, 0.3) is 5.69 Å². The van der Waals surface area contributed by atoms with E-state index in [1.165, 1.54) is 46.6 Å². The summed E-state index contributed by atoms with van der Waals surface area (Å²) in [6.07, 6.45) is 1.99. The van der Waals surface area contributed by atoms with Crippen molar-refractivity contribution in [1.82, 2.24) is 0 Å². The van der Waals surface area contributed by atoms with Crippen LogP contribution in [0.15, 0.2) is 108 Å². The van der Waals surface area contributed by atoms with E-state index in [9.17, 15) is 14.5 Å². The molecule has 0 radical (unpaired) electrons. The molecular weight excluding hydrogens is 868 g/mol. The average Bonchev–Trinajstić information content (AvgIpc) is 3.22. The quantitative estimate of drug-likeness (QED) is 0.0752. The number of nitrogens with zero attached hydrogens (tertiary/aromatic N) is 1. The summed E-state index contributed by atoms with van der Waals surface area (Å²) >= 11 is 19.2. The SMILES string of the molecule is CC(C)c1ccc(Cl)c([N+](=O)[O-])c1.CC(F)Oc1cccc(C(C)C)c1.CCC(C)(C)c1ccc(C(C)C)cc1.CSc1cc(C(C)C)ccc1Cl.Cc1cc(C(C)C)ccc1Cl. The van der Waals surface area contributed by atoms with Crippen LogP contribution in [0.3, 0.4) is 0 Å². The number of nitro groups is 1. The predicted octanol–water partition coefficient (Wildman–Crippen LogP) is 19.3. The molecule has 0 amide bonds. The molecular formula is C54H73Cl3FNO3S. The first-order chi connectivity index (χ1) is 29.3. The summed E-state index contributed by atoms with van der Waals surface area (Å²) < 4.78 is 17.4. The highest BCUT2D eigenvalue weighted by atomic mass is 35.5. The van der Waals surface area contributed by atoms with Gasteiger partial charge < -0.3 is 4.74 Å². The molecule has 5 aromatic carbocycles. The van der Waals surface area contributed by atoms with Crippen molar-refractivity contribution < 1.29 is 14.1 Å². The topological polar surface area (TPSA) is 52.4 Å². The maximum atomic E-state index is 12.5. The van der Waals surface area contributed by atoms with Crippen molar-refractivity contribution in [2.24, 2.45) is 0 Å². The second-order valence-electron chi connectivity index (χ2n) is 17.7. The fraction of sp³-hybridized carbons (Fsp3) is 0.444. The van der Waals surface area contributed by atoms with Crippen LogP contribution in [0.1, 0.15) is 172 Å². The Morgan fingerprint density at radius 2 is 1.05 bits per heavy atom. The van der Waals surface area contributed by atoms with Gasteiger partial charge in [-0.2, -0.15) is 0 Å². The average molecular weight is 942 g/mol. The first kappa shape index (κ1) is 57.5. The Bertz CT molecular complexity index is 2110. The van der Waals surface area contributed by atoms with Crippen molar-refractivity contribution in [1.29, 1.82) is 0 Å². The van der Waals surface area contributed by atoms with Crippen molar-refractivity contribution in [3.05, 3.63) is 167 Å². The molecule has 63 heavy (non-hydrogen) atoms. The fourth-order valence-electron chi connectivity index (χ4n) is 5.75. The molecule has 0 spiro atoms. The van der Waals surface area contributed by atoms with Gasteiger partial charge in [-0.1, -0.05) is 185 Å². The van der Waals surface area contributed by atoms with E-state index in [-0.39, 0.29) is 16.6 Å².